The van der Waals surface area contributed by atoms with Crippen LogP contribution in [-0.2, 0) is 22.6 Å². The van der Waals surface area contributed by atoms with Crippen molar-refractivity contribution in [3.63, 3.8) is 0 Å². The number of hydrogen-bond acceptors (Lipinski definition) is 3. The third kappa shape index (κ3) is 8.75. The maximum absolute atomic E-state index is 13.6. The van der Waals surface area contributed by atoms with Gasteiger partial charge in [0.2, 0.25) is 11.8 Å². The van der Waals surface area contributed by atoms with E-state index in [0.717, 1.165) is 28.9 Å². The SMILES string of the molecule is CCCCNC(=O)[C@@H](Cc1ccccc1)N(Cc1cccc(Cl)c1)C(=O)CSc1ccc(C)cc1. The molecule has 0 aliphatic rings. The van der Waals surface area contributed by atoms with Gasteiger partial charge in [-0.05, 0) is 48.7 Å². The summed E-state index contributed by atoms with van der Waals surface area (Å²) in [6, 6.07) is 24.8. The minimum absolute atomic E-state index is 0.0814. The topological polar surface area (TPSA) is 49.4 Å². The lowest BCUT2D eigenvalue weighted by molar-refractivity contribution is -0.139. The second-order valence-electron chi connectivity index (χ2n) is 8.60. The van der Waals surface area contributed by atoms with Crippen LogP contribution in [0.4, 0.5) is 0 Å². The van der Waals surface area contributed by atoms with E-state index < -0.39 is 6.04 Å². The number of thioether (sulfide) groups is 1. The van der Waals surface area contributed by atoms with E-state index in [2.05, 4.69) is 12.2 Å². The molecule has 184 valence electrons. The Hall–Kier alpha value is -2.76. The zero-order chi connectivity index (χ0) is 25.0. The molecule has 0 heterocycles. The van der Waals surface area contributed by atoms with Crippen molar-refractivity contribution in [2.24, 2.45) is 0 Å². The van der Waals surface area contributed by atoms with Crippen LogP contribution in [-0.4, -0.2) is 35.1 Å². The highest BCUT2D eigenvalue weighted by molar-refractivity contribution is 8.00. The number of nitrogens with zero attached hydrogens (tertiary/aromatic N) is 1. The molecule has 0 unspecified atom stereocenters. The summed E-state index contributed by atoms with van der Waals surface area (Å²) in [5.74, 6) is 0.0390. The summed E-state index contributed by atoms with van der Waals surface area (Å²) in [6.45, 7) is 5.03. The van der Waals surface area contributed by atoms with E-state index in [1.165, 1.54) is 17.3 Å². The maximum atomic E-state index is 13.6. The Bertz CT molecular complexity index is 1090. The Morgan fingerprint density at radius 2 is 1.69 bits per heavy atom. The minimum Gasteiger partial charge on any atom is -0.354 e. The molecule has 1 atom stereocenters. The van der Waals surface area contributed by atoms with Crippen LogP contribution >= 0.6 is 23.4 Å². The average Bonchev–Trinajstić information content (AvgIpc) is 2.86. The normalized spacial score (nSPS) is 11.6. The number of benzene rings is 3. The van der Waals surface area contributed by atoms with Gasteiger partial charge in [-0.25, -0.2) is 0 Å². The molecule has 4 nitrogen and oxygen atoms in total. The molecule has 0 bridgehead atoms. The molecule has 0 radical (unpaired) electrons. The summed E-state index contributed by atoms with van der Waals surface area (Å²) in [5.41, 5.74) is 3.08. The molecule has 3 aromatic carbocycles. The summed E-state index contributed by atoms with van der Waals surface area (Å²) < 4.78 is 0. The number of aryl methyl sites for hydroxylation is 1. The van der Waals surface area contributed by atoms with Gasteiger partial charge in [0.25, 0.3) is 0 Å². The summed E-state index contributed by atoms with van der Waals surface area (Å²) in [4.78, 5) is 29.8. The van der Waals surface area contributed by atoms with Gasteiger partial charge in [-0.1, -0.05) is 85.1 Å². The second-order valence-corrected chi connectivity index (χ2v) is 10.1. The number of amides is 2. The highest BCUT2D eigenvalue weighted by Gasteiger charge is 2.30. The molecule has 0 aliphatic heterocycles. The van der Waals surface area contributed by atoms with Crippen molar-refractivity contribution in [1.82, 2.24) is 10.2 Å². The highest BCUT2D eigenvalue weighted by atomic mass is 35.5. The number of nitrogens with one attached hydrogen (secondary N) is 1. The quantitative estimate of drug-likeness (QED) is 0.231. The summed E-state index contributed by atoms with van der Waals surface area (Å²) >= 11 is 7.72. The first-order valence-corrected chi connectivity index (χ1v) is 13.4. The predicted molar refractivity (Wildman–Crippen MR) is 146 cm³/mol. The molecule has 0 spiro atoms. The van der Waals surface area contributed by atoms with Gasteiger partial charge < -0.3 is 10.2 Å². The molecule has 0 saturated heterocycles. The maximum Gasteiger partial charge on any atom is 0.243 e. The van der Waals surface area contributed by atoms with Crippen LogP contribution in [0.1, 0.15) is 36.5 Å². The average molecular weight is 509 g/mol. The van der Waals surface area contributed by atoms with Gasteiger partial charge in [0.1, 0.15) is 6.04 Å². The number of hydrogen-bond donors (Lipinski definition) is 1. The molecule has 3 aromatic rings. The van der Waals surface area contributed by atoms with Gasteiger partial charge in [-0.15, -0.1) is 11.8 Å². The Morgan fingerprint density at radius 1 is 0.971 bits per heavy atom. The van der Waals surface area contributed by atoms with Gasteiger partial charge in [0.05, 0.1) is 5.75 Å². The van der Waals surface area contributed by atoms with E-state index >= 15 is 0 Å². The van der Waals surface area contributed by atoms with Gasteiger partial charge in [-0.2, -0.15) is 0 Å². The van der Waals surface area contributed by atoms with Crippen molar-refractivity contribution in [2.75, 3.05) is 12.3 Å². The van der Waals surface area contributed by atoms with Crippen LogP contribution in [0.3, 0.4) is 0 Å². The third-order valence-electron chi connectivity index (χ3n) is 5.73. The van der Waals surface area contributed by atoms with Gasteiger partial charge >= 0.3 is 0 Å². The number of rotatable bonds is 12. The van der Waals surface area contributed by atoms with Crippen molar-refractivity contribution in [3.05, 3.63) is 101 Å². The van der Waals surface area contributed by atoms with Crippen LogP contribution in [0.25, 0.3) is 0 Å². The van der Waals surface area contributed by atoms with Crippen molar-refractivity contribution in [2.45, 2.75) is 50.6 Å². The first kappa shape index (κ1) is 26.8. The zero-order valence-corrected chi connectivity index (χ0v) is 21.9. The van der Waals surface area contributed by atoms with E-state index in [-0.39, 0.29) is 17.6 Å². The van der Waals surface area contributed by atoms with E-state index in [9.17, 15) is 9.59 Å². The molecule has 0 aromatic heterocycles. The first-order chi connectivity index (χ1) is 17.0. The smallest absolute Gasteiger partial charge is 0.243 e. The summed E-state index contributed by atoms with van der Waals surface area (Å²) in [5, 5.41) is 3.66. The molecule has 0 saturated carbocycles. The minimum atomic E-state index is -0.626. The molecular weight excluding hydrogens is 476 g/mol. The standard InChI is InChI=1S/C29H33ClN2O2S/c1-3-4-17-31-29(34)27(19-23-9-6-5-7-10-23)32(20-24-11-8-12-25(30)18-24)28(33)21-35-26-15-13-22(2)14-16-26/h5-16,18,27H,3-4,17,19-21H2,1-2H3,(H,31,34)/t27-/m1/s1. The van der Waals surface area contributed by atoms with Crippen molar-refractivity contribution in [3.8, 4) is 0 Å². The molecule has 35 heavy (non-hydrogen) atoms. The molecule has 2 amide bonds. The lowest BCUT2D eigenvalue weighted by Gasteiger charge is -2.31. The number of halogens is 1. The monoisotopic (exact) mass is 508 g/mol. The van der Waals surface area contributed by atoms with Gasteiger partial charge in [0.15, 0.2) is 0 Å². The number of carbonyl (C=O) groups excluding carboxylic acids is 2. The molecule has 0 fully saturated rings. The van der Waals surface area contributed by atoms with Crippen LogP contribution in [0.5, 0.6) is 0 Å². The fraction of sp³-hybridized carbons (Fsp3) is 0.310. The Kier molecular flexibility index (Phi) is 10.7. The number of unbranched alkanes of at least 4 members (excludes halogenated alkanes) is 1. The largest absolute Gasteiger partial charge is 0.354 e. The Balaban J connectivity index is 1.87. The van der Waals surface area contributed by atoms with E-state index in [0.29, 0.717) is 24.5 Å². The highest BCUT2D eigenvalue weighted by Crippen LogP contribution is 2.22. The fourth-order valence-electron chi connectivity index (χ4n) is 3.75. The van der Waals surface area contributed by atoms with E-state index in [1.54, 1.807) is 4.90 Å². The van der Waals surface area contributed by atoms with Gasteiger partial charge in [0, 0.05) is 29.4 Å². The Labute approximate surface area is 218 Å². The van der Waals surface area contributed by atoms with Gasteiger partial charge in [-0.3, -0.25) is 9.59 Å². The lowest BCUT2D eigenvalue weighted by Crippen LogP contribution is -2.51. The van der Waals surface area contributed by atoms with Crippen molar-refractivity contribution < 1.29 is 9.59 Å². The lowest BCUT2D eigenvalue weighted by atomic mass is 10.0. The molecule has 0 aliphatic carbocycles. The van der Waals surface area contributed by atoms with E-state index in [1.807, 2.05) is 85.8 Å². The van der Waals surface area contributed by atoms with Crippen LogP contribution in [0.2, 0.25) is 5.02 Å². The van der Waals surface area contributed by atoms with Crippen molar-refractivity contribution in [1.29, 1.82) is 0 Å². The fourth-order valence-corrected chi connectivity index (χ4v) is 4.75. The zero-order valence-electron chi connectivity index (χ0n) is 20.4. The molecule has 3 rings (SSSR count). The third-order valence-corrected chi connectivity index (χ3v) is 6.96. The summed E-state index contributed by atoms with van der Waals surface area (Å²) in [7, 11) is 0. The first-order valence-electron chi connectivity index (χ1n) is 12.0. The summed E-state index contributed by atoms with van der Waals surface area (Å²) in [6.07, 6.45) is 2.33. The molecule has 1 N–H and O–H groups in total. The molecular formula is C29H33ClN2O2S. The van der Waals surface area contributed by atoms with Crippen LogP contribution in [0.15, 0.2) is 83.8 Å². The van der Waals surface area contributed by atoms with E-state index in [4.69, 9.17) is 11.6 Å². The van der Waals surface area contributed by atoms with Crippen LogP contribution < -0.4 is 5.32 Å². The van der Waals surface area contributed by atoms with Crippen molar-refractivity contribution >= 4 is 35.2 Å². The Morgan fingerprint density at radius 3 is 2.37 bits per heavy atom. The number of carbonyl (C=O) groups is 2. The predicted octanol–water partition coefficient (Wildman–Crippen LogP) is 6.30. The second kappa shape index (κ2) is 14.0. The van der Waals surface area contributed by atoms with Crippen LogP contribution in [0, 0.1) is 6.92 Å². The molecule has 6 heteroatoms.